The molecular formula is C24H23ClF2O5. The average molecular weight is 465 g/mol. The van der Waals surface area contributed by atoms with Crippen LogP contribution in [0.2, 0.25) is 5.02 Å². The van der Waals surface area contributed by atoms with E-state index in [2.05, 4.69) is 0 Å². The number of hydrogen-bond donors (Lipinski definition) is 0. The molecule has 4 rings (SSSR count). The first-order chi connectivity index (χ1) is 15.4. The van der Waals surface area contributed by atoms with E-state index < -0.39 is 18.2 Å². The van der Waals surface area contributed by atoms with E-state index in [1.54, 1.807) is 37.3 Å². The zero-order chi connectivity index (χ0) is 22.8. The first-order valence-corrected chi connectivity index (χ1v) is 10.8. The Kier molecular flexibility index (Phi) is 6.55. The highest BCUT2D eigenvalue weighted by Gasteiger charge is 2.31. The van der Waals surface area contributed by atoms with Gasteiger partial charge in [0, 0.05) is 27.6 Å². The molecule has 1 aromatic heterocycles. The molecule has 0 bridgehead atoms. The van der Waals surface area contributed by atoms with Crippen LogP contribution >= 0.6 is 11.6 Å². The van der Waals surface area contributed by atoms with Crippen LogP contribution in [0.25, 0.3) is 11.0 Å². The molecule has 8 heteroatoms. The van der Waals surface area contributed by atoms with Crippen molar-refractivity contribution >= 4 is 28.5 Å². The smallest absolute Gasteiger partial charge is 0.310 e. The first kappa shape index (κ1) is 22.4. The van der Waals surface area contributed by atoms with E-state index in [9.17, 15) is 13.6 Å². The second-order valence-corrected chi connectivity index (χ2v) is 8.07. The molecule has 1 fully saturated rings. The molecular weight excluding hydrogens is 442 g/mol. The van der Waals surface area contributed by atoms with Crippen LogP contribution in [-0.2, 0) is 22.6 Å². The number of carbonyl (C=O) groups excluding carboxylic acids is 1. The molecule has 0 atom stereocenters. The largest absolute Gasteiger partial charge is 0.497 e. The minimum Gasteiger partial charge on any atom is -0.497 e. The van der Waals surface area contributed by atoms with Crippen molar-refractivity contribution in [1.82, 2.24) is 0 Å². The third kappa shape index (κ3) is 4.67. The Balaban J connectivity index is 1.70. The van der Waals surface area contributed by atoms with Gasteiger partial charge in [-0.2, -0.15) is 0 Å². The van der Waals surface area contributed by atoms with Crippen LogP contribution in [-0.4, -0.2) is 19.7 Å². The zero-order valence-electron chi connectivity index (χ0n) is 17.8. The molecule has 1 heterocycles. The summed E-state index contributed by atoms with van der Waals surface area (Å²) in [6, 6.07) is 8.41. The van der Waals surface area contributed by atoms with Gasteiger partial charge in [0.25, 0.3) is 6.43 Å². The van der Waals surface area contributed by atoms with Crippen LogP contribution < -0.4 is 9.47 Å². The van der Waals surface area contributed by atoms with Crippen molar-refractivity contribution in [3.8, 4) is 11.5 Å². The fraction of sp³-hybridized carbons (Fsp3) is 0.375. The quantitative estimate of drug-likeness (QED) is 0.334. The van der Waals surface area contributed by atoms with Crippen LogP contribution in [0.1, 0.15) is 54.6 Å². The van der Waals surface area contributed by atoms with Gasteiger partial charge in [-0.25, -0.2) is 8.78 Å². The fourth-order valence-electron chi connectivity index (χ4n) is 3.74. The summed E-state index contributed by atoms with van der Waals surface area (Å²) in [6.07, 6.45) is -0.866. The normalized spacial score (nSPS) is 13.6. The van der Waals surface area contributed by atoms with Crippen LogP contribution in [0.4, 0.5) is 8.78 Å². The third-order valence-electron chi connectivity index (χ3n) is 5.42. The summed E-state index contributed by atoms with van der Waals surface area (Å²) in [7, 11) is 1.50. The van der Waals surface area contributed by atoms with E-state index >= 15 is 0 Å². The van der Waals surface area contributed by atoms with E-state index in [1.807, 2.05) is 0 Å². The number of benzene rings is 2. The van der Waals surface area contributed by atoms with Gasteiger partial charge < -0.3 is 18.6 Å². The summed E-state index contributed by atoms with van der Waals surface area (Å²) in [5, 5.41) is 0.983. The Labute approximate surface area is 189 Å². The molecule has 170 valence electrons. The Morgan fingerprint density at radius 1 is 1.25 bits per heavy atom. The number of halogens is 3. The highest BCUT2D eigenvalue weighted by Crippen LogP contribution is 2.47. The molecule has 1 aliphatic rings. The molecule has 0 amide bonds. The molecule has 0 radical (unpaired) electrons. The van der Waals surface area contributed by atoms with Crippen molar-refractivity contribution in [1.29, 1.82) is 0 Å². The molecule has 0 saturated heterocycles. The lowest BCUT2D eigenvalue weighted by Gasteiger charge is -2.13. The predicted molar refractivity (Wildman–Crippen MR) is 116 cm³/mol. The van der Waals surface area contributed by atoms with Gasteiger partial charge in [0.15, 0.2) is 5.76 Å². The number of furan rings is 1. The maximum atomic E-state index is 13.8. The summed E-state index contributed by atoms with van der Waals surface area (Å²) in [5.41, 5.74) is 2.09. The van der Waals surface area contributed by atoms with Gasteiger partial charge in [0.05, 0.1) is 20.1 Å². The Morgan fingerprint density at radius 3 is 2.69 bits per heavy atom. The first-order valence-electron chi connectivity index (χ1n) is 10.4. The van der Waals surface area contributed by atoms with Crippen LogP contribution in [0, 0.1) is 0 Å². The Bertz CT molecular complexity index is 1140. The lowest BCUT2D eigenvalue weighted by atomic mass is 10.0. The summed E-state index contributed by atoms with van der Waals surface area (Å²) in [4.78, 5) is 12.0. The van der Waals surface area contributed by atoms with Crippen LogP contribution in [0.5, 0.6) is 11.5 Å². The number of carbonyl (C=O) groups is 1. The van der Waals surface area contributed by atoms with Gasteiger partial charge in [0.2, 0.25) is 0 Å². The maximum Gasteiger partial charge on any atom is 0.310 e. The third-order valence-corrected chi connectivity index (χ3v) is 5.64. The van der Waals surface area contributed by atoms with Gasteiger partial charge in [-0.15, -0.1) is 0 Å². The number of alkyl halides is 2. The number of hydrogen-bond acceptors (Lipinski definition) is 5. The molecule has 0 spiro atoms. The molecule has 1 aliphatic carbocycles. The molecule has 32 heavy (non-hydrogen) atoms. The van der Waals surface area contributed by atoms with Crippen molar-refractivity contribution in [2.75, 3.05) is 13.7 Å². The summed E-state index contributed by atoms with van der Waals surface area (Å²) in [6.45, 7) is 1.80. The Morgan fingerprint density at radius 2 is 2.03 bits per heavy atom. The SMILES string of the molecule is CCOC(=O)Cc1ccc(OC)cc1OCc1c(C(F)F)oc2c(C3CC3)cc(Cl)cc12. The van der Waals surface area contributed by atoms with E-state index in [4.69, 9.17) is 30.2 Å². The van der Waals surface area contributed by atoms with Crippen molar-refractivity contribution in [3.63, 3.8) is 0 Å². The molecule has 5 nitrogen and oxygen atoms in total. The molecule has 0 N–H and O–H groups in total. The van der Waals surface area contributed by atoms with Gasteiger partial charge in [-0.3, -0.25) is 4.79 Å². The highest BCUT2D eigenvalue weighted by atomic mass is 35.5. The second-order valence-electron chi connectivity index (χ2n) is 7.64. The molecule has 0 aliphatic heterocycles. The van der Waals surface area contributed by atoms with E-state index in [0.717, 1.165) is 18.4 Å². The molecule has 1 saturated carbocycles. The fourth-order valence-corrected chi connectivity index (χ4v) is 3.97. The van der Waals surface area contributed by atoms with Crippen LogP contribution in [0.15, 0.2) is 34.7 Å². The highest BCUT2D eigenvalue weighted by molar-refractivity contribution is 6.31. The minimum atomic E-state index is -2.81. The lowest BCUT2D eigenvalue weighted by Crippen LogP contribution is -2.09. The number of ether oxygens (including phenoxy) is 3. The predicted octanol–water partition coefficient (Wildman–Crippen LogP) is 6.59. The molecule has 3 aromatic rings. The average Bonchev–Trinajstić information content (AvgIpc) is 3.54. The van der Waals surface area contributed by atoms with Crippen molar-refractivity contribution in [2.24, 2.45) is 0 Å². The maximum absolute atomic E-state index is 13.8. The van der Waals surface area contributed by atoms with E-state index in [-0.39, 0.29) is 31.1 Å². The van der Waals surface area contributed by atoms with E-state index in [0.29, 0.717) is 33.1 Å². The minimum absolute atomic E-state index is 0.0152. The lowest BCUT2D eigenvalue weighted by molar-refractivity contribution is -0.142. The zero-order valence-corrected chi connectivity index (χ0v) is 18.5. The topological polar surface area (TPSA) is 57.9 Å². The second kappa shape index (κ2) is 9.36. The summed E-state index contributed by atoms with van der Waals surface area (Å²) < 4.78 is 49.5. The van der Waals surface area contributed by atoms with E-state index in [1.165, 1.54) is 7.11 Å². The Hall–Kier alpha value is -2.80. The number of methoxy groups -OCH3 is 1. The molecule has 0 unspecified atom stereocenters. The van der Waals surface area contributed by atoms with Crippen molar-refractivity contribution < 1.29 is 32.2 Å². The number of rotatable bonds is 9. The number of esters is 1. The van der Waals surface area contributed by atoms with Crippen molar-refractivity contribution in [2.45, 2.75) is 45.1 Å². The summed E-state index contributed by atoms with van der Waals surface area (Å²) in [5.74, 6) is 0.287. The van der Waals surface area contributed by atoms with Gasteiger partial charge >= 0.3 is 5.97 Å². The van der Waals surface area contributed by atoms with Gasteiger partial charge in [-0.05, 0) is 49.4 Å². The summed E-state index contributed by atoms with van der Waals surface area (Å²) >= 11 is 6.29. The molecule has 2 aromatic carbocycles. The monoisotopic (exact) mass is 464 g/mol. The standard InChI is InChI=1S/C24H23ClF2O5/c1-3-30-21(28)8-14-6-7-16(29-2)11-20(14)31-12-19-18-10-15(25)9-17(13-4-5-13)22(18)32-23(19)24(26)27/h6-7,9-11,13,24H,3-5,8,12H2,1-2H3. The van der Waals surface area contributed by atoms with Gasteiger partial charge in [0.1, 0.15) is 23.7 Å². The van der Waals surface area contributed by atoms with Crippen LogP contribution in [0.3, 0.4) is 0 Å². The number of fused-ring (bicyclic) bond motifs is 1. The van der Waals surface area contributed by atoms with Gasteiger partial charge in [-0.1, -0.05) is 17.7 Å². The van der Waals surface area contributed by atoms with Crippen molar-refractivity contribution in [3.05, 3.63) is 57.8 Å².